The molecule has 0 saturated heterocycles. The number of fused-ring (bicyclic) bond motifs is 3. The Hall–Kier alpha value is -3.31. The molecule has 182 valence electrons. The number of ketones is 4. The number of phenols is 1. The first-order valence-electron chi connectivity index (χ1n) is 10.9. The van der Waals surface area contributed by atoms with E-state index in [1.807, 2.05) is 0 Å². The minimum atomic E-state index is -2.74. The molecule has 3 aliphatic carbocycles. The predicted molar refractivity (Wildman–Crippen MR) is 120 cm³/mol. The van der Waals surface area contributed by atoms with E-state index in [1.54, 1.807) is 33.1 Å². The molecule has 1 amide bonds. The van der Waals surface area contributed by atoms with Crippen LogP contribution in [-0.4, -0.2) is 84.0 Å². The maximum atomic E-state index is 13.7. The van der Waals surface area contributed by atoms with Crippen LogP contribution >= 0.6 is 0 Å². The van der Waals surface area contributed by atoms with Gasteiger partial charge in [-0.25, -0.2) is 0 Å². The summed E-state index contributed by atoms with van der Waals surface area (Å²) in [6.45, 7) is 0. The second kappa shape index (κ2) is 7.60. The Morgan fingerprint density at radius 1 is 1.12 bits per heavy atom. The summed E-state index contributed by atoms with van der Waals surface area (Å²) in [7, 11) is 6.58. The summed E-state index contributed by atoms with van der Waals surface area (Å²) >= 11 is 0. The van der Waals surface area contributed by atoms with Gasteiger partial charge in [0.05, 0.1) is 23.2 Å². The molecule has 2 fully saturated rings. The molecule has 0 heterocycles. The topological polar surface area (TPSA) is 184 Å². The Kier molecular flexibility index (Phi) is 5.33. The number of primary amides is 1. The number of rotatable bonds is 3. The highest BCUT2D eigenvalue weighted by molar-refractivity contribution is 6.32. The third-order valence-corrected chi connectivity index (χ3v) is 7.55. The molecule has 1 aromatic rings. The first-order valence-corrected chi connectivity index (χ1v) is 10.9. The number of hydrogen-bond donors (Lipinski definition) is 4. The molecule has 4 unspecified atom stereocenters. The van der Waals surface area contributed by atoms with E-state index in [4.69, 9.17) is 11.5 Å². The number of aromatic hydroxyl groups is 1. The van der Waals surface area contributed by atoms with Crippen LogP contribution in [0.15, 0.2) is 6.07 Å². The van der Waals surface area contributed by atoms with Crippen molar-refractivity contribution in [2.75, 3.05) is 38.8 Å². The number of carbonyl (C=O) groups excluding carboxylic acids is 5. The number of carbonyl (C=O) groups is 5. The Labute approximate surface area is 195 Å². The van der Waals surface area contributed by atoms with Crippen molar-refractivity contribution in [2.45, 2.75) is 24.5 Å². The van der Waals surface area contributed by atoms with Crippen molar-refractivity contribution in [3.8, 4) is 5.75 Å². The first kappa shape index (κ1) is 23.8. The molecule has 0 aromatic heterocycles. The lowest BCUT2D eigenvalue weighted by Crippen LogP contribution is -2.74. The SMILES string of the molecule is CN(C)c1cc(N)c(O)c2c1C[C@H]1CC3[C@H](N(C)C)C(=O)C(C(N)=O)C(=O)C3(O)C(=O)C1C2=O. The highest BCUT2D eigenvalue weighted by Gasteiger charge is 2.69. The quantitative estimate of drug-likeness (QED) is 0.230. The summed E-state index contributed by atoms with van der Waals surface area (Å²) in [5.74, 6) is -10.8. The smallest absolute Gasteiger partial charge is 0.235 e. The largest absolute Gasteiger partial charge is 0.505 e. The van der Waals surface area contributed by atoms with Crippen molar-refractivity contribution in [2.24, 2.45) is 29.4 Å². The Bertz CT molecular complexity index is 1160. The van der Waals surface area contributed by atoms with Crippen molar-refractivity contribution in [1.82, 2.24) is 4.90 Å². The highest BCUT2D eigenvalue weighted by Crippen LogP contribution is 2.52. The zero-order valence-electron chi connectivity index (χ0n) is 19.4. The average molecular weight is 472 g/mol. The van der Waals surface area contributed by atoms with Gasteiger partial charge in [-0.3, -0.25) is 28.9 Å². The normalized spacial score (nSPS) is 32.8. The Balaban J connectivity index is 1.91. The third-order valence-electron chi connectivity index (χ3n) is 7.55. The van der Waals surface area contributed by atoms with Crippen LogP contribution in [0.1, 0.15) is 22.3 Å². The fraction of sp³-hybridized carbons (Fsp3) is 0.522. The molecule has 0 radical (unpaired) electrons. The van der Waals surface area contributed by atoms with Crippen LogP contribution in [-0.2, 0) is 25.6 Å². The zero-order valence-corrected chi connectivity index (χ0v) is 19.4. The summed E-state index contributed by atoms with van der Waals surface area (Å²) in [6.07, 6.45) is 0.190. The molecule has 2 saturated carbocycles. The summed E-state index contributed by atoms with van der Waals surface area (Å²) in [5.41, 5.74) is 9.41. The number of likely N-dealkylation sites (N-methyl/N-ethyl adjacent to an activating group) is 1. The van der Waals surface area contributed by atoms with Crippen LogP contribution in [0.25, 0.3) is 0 Å². The molecule has 6 atom stereocenters. The van der Waals surface area contributed by atoms with E-state index in [0.717, 1.165) is 0 Å². The van der Waals surface area contributed by atoms with Gasteiger partial charge in [0.1, 0.15) is 5.75 Å². The number of Topliss-reactive ketones (excluding diaryl/α,β-unsaturated/α-hetero) is 4. The average Bonchev–Trinajstić information content (AvgIpc) is 2.72. The van der Waals surface area contributed by atoms with E-state index in [9.17, 15) is 34.2 Å². The number of hydrogen-bond acceptors (Lipinski definition) is 10. The van der Waals surface area contributed by atoms with E-state index in [2.05, 4.69) is 0 Å². The molecular formula is C23H28N4O7. The third kappa shape index (κ3) is 2.93. The van der Waals surface area contributed by atoms with Gasteiger partial charge in [-0.05, 0) is 44.5 Å². The van der Waals surface area contributed by atoms with Crippen LogP contribution in [0.3, 0.4) is 0 Å². The van der Waals surface area contributed by atoms with Crippen molar-refractivity contribution in [3.05, 3.63) is 17.2 Å². The highest BCUT2D eigenvalue weighted by atomic mass is 16.3. The minimum Gasteiger partial charge on any atom is -0.505 e. The van der Waals surface area contributed by atoms with Gasteiger partial charge >= 0.3 is 0 Å². The molecule has 0 aliphatic heterocycles. The number of benzene rings is 1. The fourth-order valence-corrected chi connectivity index (χ4v) is 6.07. The molecule has 34 heavy (non-hydrogen) atoms. The van der Waals surface area contributed by atoms with E-state index >= 15 is 0 Å². The van der Waals surface area contributed by atoms with E-state index in [0.29, 0.717) is 11.3 Å². The number of nitrogen functional groups attached to an aromatic ring is 1. The van der Waals surface area contributed by atoms with Gasteiger partial charge in [0, 0.05) is 25.7 Å². The van der Waals surface area contributed by atoms with Crippen LogP contribution in [0.4, 0.5) is 11.4 Å². The van der Waals surface area contributed by atoms with Crippen LogP contribution in [0, 0.1) is 23.7 Å². The number of nitrogens with two attached hydrogens (primary N) is 2. The number of nitrogens with zero attached hydrogens (tertiary/aromatic N) is 2. The van der Waals surface area contributed by atoms with Gasteiger partial charge in [0.2, 0.25) is 5.91 Å². The van der Waals surface area contributed by atoms with E-state index < -0.39 is 70.1 Å². The standard InChI is InChI=1S/C23H28N4O7/c1-26(2)12-7-11(24)17(28)14-9(12)5-8-6-10-16(27(3)4)19(30)15(22(25)33)21(32)23(10,34)20(31)13(8)18(14)29/h7-8,10,13,15-16,28,34H,5-6,24H2,1-4H3,(H2,25,33)/t8-,10?,13?,15?,16-,23?/m0/s1. The van der Waals surface area contributed by atoms with Gasteiger partial charge in [0.25, 0.3) is 0 Å². The second-order valence-corrected chi connectivity index (χ2v) is 9.87. The zero-order chi connectivity index (χ0) is 25.4. The molecule has 4 rings (SSSR count). The number of anilines is 2. The van der Waals surface area contributed by atoms with Gasteiger partial charge < -0.3 is 26.6 Å². The first-order chi connectivity index (χ1) is 15.7. The molecule has 3 aliphatic rings. The summed E-state index contributed by atoms with van der Waals surface area (Å²) < 4.78 is 0. The van der Waals surface area contributed by atoms with Crippen molar-refractivity contribution < 1.29 is 34.2 Å². The lowest BCUT2D eigenvalue weighted by atomic mass is 9.52. The molecule has 6 N–H and O–H groups in total. The predicted octanol–water partition coefficient (Wildman–Crippen LogP) is -1.48. The summed E-state index contributed by atoms with van der Waals surface area (Å²) in [6, 6.07) is 0.408. The van der Waals surface area contributed by atoms with E-state index in [-0.39, 0.29) is 24.1 Å². The maximum Gasteiger partial charge on any atom is 0.235 e. The number of amides is 1. The van der Waals surface area contributed by atoms with Gasteiger partial charge in [0.15, 0.2) is 34.7 Å². The molecule has 1 aromatic carbocycles. The van der Waals surface area contributed by atoms with Crippen molar-refractivity contribution in [3.63, 3.8) is 0 Å². The van der Waals surface area contributed by atoms with Gasteiger partial charge in [-0.1, -0.05) is 0 Å². The second-order valence-electron chi connectivity index (χ2n) is 9.87. The lowest BCUT2D eigenvalue weighted by molar-refractivity contribution is -0.181. The van der Waals surface area contributed by atoms with Gasteiger partial charge in [-0.2, -0.15) is 0 Å². The molecule has 0 bridgehead atoms. The van der Waals surface area contributed by atoms with E-state index in [1.165, 1.54) is 11.0 Å². The Morgan fingerprint density at radius 3 is 2.26 bits per heavy atom. The molecular weight excluding hydrogens is 444 g/mol. The molecule has 11 nitrogen and oxygen atoms in total. The monoisotopic (exact) mass is 472 g/mol. The van der Waals surface area contributed by atoms with Crippen LogP contribution in [0.2, 0.25) is 0 Å². The van der Waals surface area contributed by atoms with Crippen LogP contribution in [0.5, 0.6) is 5.75 Å². The van der Waals surface area contributed by atoms with Crippen LogP contribution < -0.4 is 16.4 Å². The summed E-state index contributed by atoms with van der Waals surface area (Å²) in [4.78, 5) is 68.7. The maximum absolute atomic E-state index is 13.7. The molecule has 0 spiro atoms. The summed E-state index contributed by atoms with van der Waals surface area (Å²) in [5, 5.41) is 22.1. The fourth-order valence-electron chi connectivity index (χ4n) is 6.07. The minimum absolute atomic E-state index is 0.00189. The lowest BCUT2D eigenvalue weighted by Gasteiger charge is -2.52. The molecule has 11 heteroatoms. The Morgan fingerprint density at radius 2 is 1.74 bits per heavy atom. The van der Waals surface area contributed by atoms with Crippen molar-refractivity contribution >= 4 is 40.4 Å². The van der Waals surface area contributed by atoms with Crippen molar-refractivity contribution in [1.29, 1.82) is 0 Å². The number of aliphatic hydroxyl groups is 1. The van der Waals surface area contributed by atoms with Gasteiger partial charge in [-0.15, -0.1) is 0 Å². The number of phenolic OH excluding ortho intramolecular Hbond substituents is 1.